The number of aliphatic carboxylic acids is 1. The van der Waals surface area contributed by atoms with Crippen molar-refractivity contribution in [3.05, 3.63) is 29.6 Å². The largest absolute Gasteiger partial charge is 0.505 e. The number of phenolic OH excluding ortho intramolecular Hbond substituents is 1. The molecule has 0 saturated heterocycles. The number of hydrogen-bond acceptors (Lipinski definition) is 3. The molecule has 1 aromatic carbocycles. The Morgan fingerprint density at radius 3 is 2.71 bits per heavy atom. The van der Waals surface area contributed by atoms with E-state index in [4.69, 9.17) is 15.9 Å². The molecule has 4 N–H and O–H groups in total. The molecule has 76 valence electrons. The zero-order chi connectivity index (χ0) is 10.7. The van der Waals surface area contributed by atoms with Crippen LogP contribution in [0.5, 0.6) is 5.75 Å². The number of carbonyl (C=O) groups is 1. The van der Waals surface area contributed by atoms with Crippen LogP contribution in [0.3, 0.4) is 0 Å². The summed E-state index contributed by atoms with van der Waals surface area (Å²) in [7, 11) is 0. The second-order valence-electron chi connectivity index (χ2n) is 2.92. The zero-order valence-electron chi connectivity index (χ0n) is 7.27. The molecule has 0 unspecified atom stereocenters. The number of benzene rings is 1. The molecule has 5 heteroatoms. The predicted molar refractivity (Wildman–Crippen MR) is 47.2 cm³/mol. The van der Waals surface area contributed by atoms with Gasteiger partial charge in [0.05, 0.1) is 6.42 Å². The van der Waals surface area contributed by atoms with E-state index in [1.165, 1.54) is 6.07 Å². The van der Waals surface area contributed by atoms with Crippen molar-refractivity contribution in [1.82, 2.24) is 0 Å². The first kappa shape index (κ1) is 10.5. The van der Waals surface area contributed by atoms with Gasteiger partial charge in [-0.25, -0.2) is 4.39 Å². The molecule has 0 aliphatic rings. The molecule has 14 heavy (non-hydrogen) atoms. The quantitative estimate of drug-likeness (QED) is 0.678. The summed E-state index contributed by atoms with van der Waals surface area (Å²) in [5.74, 6) is -2.32. The summed E-state index contributed by atoms with van der Waals surface area (Å²) in [5.41, 5.74) is 5.90. The lowest BCUT2D eigenvalue weighted by Crippen LogP contribution is -2.14. The van der Waals surface area contributed by atoms with Gasteiger partial charge in [0.15, 0.2) is 11.6 Å². The summed E-state index contributed by atoms with van der Waals surface area (Å²) < 4.78 is 12.6. The second-order valence-corrected chi connectivity index (χ2v) is 2.92. The third kappa shape index (κ3) is 2.43. The molecule has 0 aliphatic carbocycles. The molecule has 1 rings (SSSR count). The van der Waals surface area contributed by atoms with Gasteiger partial charge >= 0.3 is 5.97 Å². The monoisotopic (exact) mass is 199 g/mol. The van der Waals surface area contributed by atoms with E-state index >= 15 is 0 Å². The van der Waals surface area contributed by atoms with Crippen LogP contribution >= 0.6 is 0 Å². The number of carboxylic acids is 1. The minimum Gasteiger partial charge on any atom is -0.505 e. The Kier molecular flexibility index (Phi) is 3.03. The van der Waals surface area contributed by atoms with E-state index in [1.807, 2.05) is 0 Å². The third-order valence-electron chi connectivity index (χ3n) is 1.79. The van der Waals surface area contributed by atoms with Crippen LogP contribution < -0.4 is 5.73 Å². The molecular formula is C9H10FNO3. The minimum absolute atomic E-state index is 0.259. The average molecular weight is 199 g/mol. The van der Waals surface area contributed by atoms with Gasteiger partial charge in [-0.3, -0.25) is 4.79 Å². The lowest BCUT2D eigenvalue weighted by atomic mass is 10.0. The minimum atomic E-state index is -1.04. The molecule has 0 bridgehead atoms. The fourth-order valence-corrected chi connectivity index (χ4v) is 1.07. The standard InChI is InChI=1S/C9H10FNO3/c10-6-2-1-5(3-8(6)12)7(11)4-9(13)14/h1-3,7,12H,4,11H2,(H,13,14)/t7-/m0/s1. The number of nitrogens with two attached hydrogens (primary N) is 1. The summed E-state index contributed by atoms with van der Waals surface area (Å²) in [6, 6.07) is 2.79. The highest BCUT2D eigenvalue weighted by Gasteiger charge is 2.12. The molecular weight excluding hydrogens is 189 g/mol. The van der Waals surface area contributed by atoms with Crippen LogP contribution in [0.1, 0.15) is 18.0 Å². The summed E-state index contributed by atoms with van der Waals surface area (Å²) in [6.45, 7) is 0. The first-order chi connectivity index (χ1) is 6.50. The Morgan fingerprint density at radius 1 is 1.57 bits per heavy atom. The lowest BCUT2D eigenvalue weighted by molar-refractivity contribution is -0.137. The normalized spacial score (nSPS) is 12.4. The summed E-state index contributed by atoms with van der Waals surface area (Å²) in [4.78, 5) is 10.3. The van der Waals surface area contributed by atoms with Gasteiger partial charge in [0.2, 0.25) is 0 Å². The molecule has 0 saturated carbocycles. The topological polar surface area (TPSA) is 83.6 Å². The zero-order valence-corrected chi connectivity index (χ0v) is 7.27. The van der Waals surface area contributed by atoms with Crippen molar-refractivity contribution in [1.29, 1.82) is 0 Å². The maximum absolute atomic E-state index is 12.6. The maximum Gasteiger partial charge on any atom is 0.305 e. The SMILES string of the molecule is N[C@@H](CC(=O)O)c1ccc(F)c(O)c1. The van der Waals surface area contributed by atoms with E-state index in [2.05, 4.69) is 0 Å². The number of hydrogen-bond donors (Lipinski definition) is 3. The van der Waals surface area contributed by atoms with Gasteiger partial charge < -0.3 is 15.9 Å². The third-order valence-corrected chi connectivity index (χ3v) is 1.79. The van der Waals surface area contributed by atoms with Gasteiger partial charge in [-0.2, -0.15) is 0 Å². The van der Waals surface area contributed by atoms with Crippen LogP contribution in [0.25, 0.3) is 0 Å². The molecule has 0 spiro atoms. The van der Waals surface area contributed by atoms with Crippen LogP contribution in [0.2, 0.25) is 0 Å². The average Bonchev–Trinajstić information content (AvgIpc) is 2.08. The van der Waals surface area contributed by atoms with Gasteiger partial charge in [0.1, 0.15) is 0 Å². The highest BCUT2D eigenvalue weighted by molar-refractivity contribution is 5.67. The van der Waals surface area contributed by atoms with E-state index in [9.17, 15) is 9.18 Å². The van der Waals surface area contributed by atoms with Crippen molar-refractivity contribution in [2.45, 2.75) is 12.5 Å². The van der Waals surface area contributed by atoms with Gasteiger partial charge in [-0.15, -0.1) is 0 Å². The van der Waals surface area contributed by atoms with Crippen molar-refractivity contribution in [2.75, 3.05) is 0 Å². The first-order valence-electron chi connectivity index (χ1n) is 3.96. The van der Waals surface area contributed by atoms with E-state index in [0.29, 0.717) is 5.56 Å². The van der Waals surface area contributed by atoms with Crippen molar-refractivity contribution in [3.63, 3.8) is 0 Å². The number of halogens is 1. The van der Waals surface area contributed by atoms with Crippen molar-refractivity contribution >= 4 is 5.97 Å². The number of phenols is 1. The lowest BCUT2D eigenvalue weighted by Gasteiger charge is -2.09. The van der Waals surface area contributed by atoms with E-state index in [1.54, 1.807) is 0 Å². The number of aromatic hydroxyl groups is 1. The van der Waals surface area contributed by atoms with Gasteiger partial charge in [0, 0.05) is 6.04 Å². The molecule has 1 atom stereocenters. The highest BCUT2D eigenvalue weighted by atomic mass is 19.1. The van der Waals surface area contributed by atoms with Crippen molar-refractivity contribution in [2.24, 2.45) is 5.73 Å². The van der Waals surface area contributed by atoms with Crippen LogP contribution in [-0.2, 0) is 4.79 Å². The number of carboxylic acid groups (broad SMARTS) is 1. The smallest absolute Gasteiger partial charge is 0.305 e. The molecule has 0 fully saturated rings. The van der Waals surface area contributed by atoms with Gasteiger partial charge in [0.25, 0.3) is 0 Å². The Labute approximate surface area is 79.8 Å². The van der Waals surface area contributed by atoms with Crippen LogP contribution in [0.15, 0.2) is 18.2 Å². The maximum atomic E-state index is 12.6. The Hall–Kier alpha value is -1.62. The Bertz CT molecular complexity index is 354. The van der Waals surface area contributed by atoms with Crippen LogP contribution in [-0.4, -0.2) is 16.2 Å². The highest BCUT2D eigenvalue weighted by Crippen LogP contribution is 2.21. The fraction of sp³-hybridized carbons (Fsp3) is 0.222. The van der Waals surface area contributed by atoms with Crippen molar-refractivity contribution in [3.8, 4) is 5.75 Å². The Balaban J connectivity index is 2.85. The number of rotatable bonds is 3. The van der Waals surface area contributed by atoms with Gasteiger partial charge in [-0.1, -0.05) is 6.07 Å². The first-order valence-corrected chi connectivity index (χ1v) is 3.96. The summed E-state index contributed by atoms with van der Waals surface area (Å²) >= 11 is 0. The summed E-state index contributed by atoms with van der Waals surface area (Å²) in [5, 5.41) is 17.5. The molecule has 0 radical (unpaired) electrons. The van der Waals surface area contributed by atoms with E-state index in [-0.39, 0.29) is 6.42 Å². The van der Waals surface area contributed by atoms with Gasteiger partial charge in [-0.05, 0) is 17.7 Å². The molecule has 0 aliphatic heterocycles. The molecule has 1 aromatic rings. The van der Waals surface area contributed by atoms with E-state index in [0.717, 1.165) is 12.1 Å². The fourth-order valence-electron chi connectivity index (χ4n) is 1.07. The predicted octanol–water partition coefficient (Wildman–Crippen LogP) is 1.01. The summed E-state index contributed by atoms with van der Waals surface area (Å²) in [6.07, 6.45) is -0.259. The molecule has 0 aromatic heterocycles. The second kappa shape index (κ2) is 4.06. The van der Waals surface area contributed by atoms with E-state index < -0.39 is 23.6 Å². The molecule has 4 nitrogen and oxygen atoms in total. The Morgan fingerprint density at radius 2 is 2.21 bits per heavy atom. The molecule has 0 amide bonds. The van der Waals surface area contributed by atoms with Crippen LogP contribution in [0, 0.1) is 5.82 Å². The van der Waals surface area contributed by atoms with Crippen molar-refractivity contribution < 1.29 is 19.4 Å². The molecule has 0 heterocycles. The van der Waals surface area contributed by atoms with Crippen LogP contribution in [0.4, 0.5) is 4.39 Å².